The highest BCUT2D eigenvalue weighted by Gasteiger charge is 2.27. The first kappa shape index (κ1) is 25.9. The standard InChI is InChI=1S/C27H28N6O3S/c1-31(2)14-15-32-25-13-12-22(33(19-26(29)34)37(35,36)23-6-4-3-5-7-23)17-24(25)30-27(32)16-20-8-10-21(18-28)11-9-20/h3-13,17H,14-16,19H2,1-2H3,(H2,29,34). The monoisotopic (exact) mass is 516 g/mol. The molecule has 0 spiro atoms. The number of benzene rings is 3. The van der Waals surface area contributed by atoms with Crippen molar-refractivity contribution in [2.24, 2.45) is 5.73 Å². The van der Waals surface area contributed by atoms with Gasteiger partial charge in [-0.25, -0.2) is 13.4 Å². The maximum Gasteiger partial charge on any atom is 0.264 e. The molecule has 9 nitrogen and oxygen atoms in total. The van der Waals surface area contributed by atoms with Crippen molar-refractivity contribution in [1.29, 1.82) is 5.26 Å². The fourth-order valence-electron chi connectivity index (χ4n) is 4.06. The Kier molecular flexibility index (Phi) is 7.57. The Morgan fingerprint density at radius 1 is 1.05 bits per heavy atom. The molecular formula is C27H28N6O3S. The van der Waals surface area contributed by atoms with Crippen LogP contribution in [0.3, 0.4) is 0 Å². The van der Waals surface area contributed by atoms with Crippen LogP contribution in [0, 0.1) is 11.3 Å². The first-order valence-electron chi connectivity index (χ1n) is 11.7. The lowest BCUT2D eigenvalue weighted by atomic mass is 10.1. The summed E-state index contributed by atoms with van der Waals surface area (Å²) in [5.74, 6) is 0.0451. The van der Waals surface area contributed by atoms with Gasteiger partial charge in [-0.3, -0.25) is 9.10 Å². The molecule has 1 heterocycles. The fraction of sp³-hybridized carbons (Fsp3) is 0.222. The van der Waals surface area contributed by atoms with Gasteiger partial charge in [-0.2, -0.15) is 5.26 Å². The smallest absolute Gasteiger partial charge is 0.264 e. The molecule has 4 rings (SSSR count). The highest BCUT2D eigenvalue weighted by molar-refractivity contribution is 7.92. The molecule has 0 atom stereocenters. The molecule has 2 N–H and O–H groups in total. The van der Waals surface area contributed by atoms with Crippen molar-refractivity contribution < 1.29 is 13.2 Å². The number of rotatable bonds is 10. The van der Waals surface area contributed by atoms with Crippen LogP contribution in [0.15, 0.2) is 77.7 Å². The number of fused-ring (bicyclic) bond motifs is 1. The molecule has 10 heteroatoms. The van der Waals surface area contributed by atoms with E-state index in [1.165, 1.54) is 12.1 Å². The Bertz CT molecular complexity index is 1560. The number of carbonyl (C=O) groups excluding carboxylic acids is 1. The number of primary amides is 1. The summed E-state index contributed by atoms with van der Waals surface area (Å²) in [5.41, 5.74) is 8.78. The molecule has 190 valence electrons. The first-order chi connectivity index (χ1) is 17.7. The number of nitrogens with zero attached hydrogens (tertiary/aromatic N) is 5. The highest BCUT2D eigenvalue weighted by atomic mass is 32.2. The highest BCUT2D eigenvalue weighted by Crippen LogP contribution is 2.28. The molecular weight excluding hydrogens is 488 g/mol. The molecule has 0 unspecified atom stereocenters. The van der Waals surface area contributed by atoms with Crippen LogP contribution in [0.25, 0.3) is 11.0 Å². The summed E-state index contributed by atoms with van der Waals surface area (Å²) >= 11 is 0. The number of imidazole rings is 1. The Balaban J connectivity index is 1.78. The zero-order valence-electron chi connectivity index (χ0n) is 20.7. The van der Waals surface area contributed by atoms with Crippen LogP contribution in [-0.2, 0) is 27.8 Å². The van der Waals surface area contributed by atoms with Crippen molar-refractivity contribution >= 4 is 32.7 Å². The van der Waals surface area contributed by atoms with Gasteiger partial charge in [0.15, 0.2) is 0 Å². The summed E-state index contributed by atoms with van der Waals surface area (Å²) in [6, 6.07) is 22.6. The Labute approximate surface area is 216 Å². The Morgan fingerprint density at radius 3 is 2.38 bits per heavy atom. The Hall–Kier alpha value is -4.20. The van der Waals surface area contributed by atoms with Crippen LogP contribution in [0.5, 0.6) is 0 Å². The Morgan fingerprint density at radius 2 is 1.76 bits per heavy atom. The maximum atomic E-state index is 13.4. The zero-order valence-corrected chi connectivity index (χ0v) is 21.5. The number of aromatic nitrogens is 2. The minimum atomic E-state index is -4.03. The number of hydrogen-bond acceptors (Lipinski definition) is 6. The predicted octanol–water partition coefficient (Wildman–Crippen LogP) is 2.74. The lowest BCUT2D eigenvalue weighted by molar-refractivity contribution is -0.116. The number of sulfonamides is 1. The molecule has 37 heavy (non-hydrogen) atoms. The summed E-state index contributed by atoms with van der Waals surface area (Å²) in [6.07, 6.45) is 0.538. The quantitative estimate of drug-likeness (QED) is 0.346. The minimum absolute atomic E-state index is 0.0642. The average molecular weight is 517 g/mol. The van der Waals surface area contributed by atoms with Gasteiger partial charge in [0.05, 0.1) is 33.2 Å². The lowest BCUT2D eigenvalue weighted by Crippen LogP contribution is -2.38. The normalized spacial score (nSPS) is 11.5. The largest absolute Gasteiger partial charge is 0.368 e. The second-order valence-corrected chi connectivity index (χ2v) is 10.8. The van der Waals surface area contributed by atoms with Gasteiger partial charge in [-0.1, -0.05) is 30.3 Å². The topological polar surface area (TPSA) is 125 Å². The molecule has 0 aliphatic heterocycles. The van der Waals surface area contributed by atoms with Gasteiger partial charge < -0.3 is 15.2 Å². The average Bonchev–Trinajstić information content (AvgIpc) is 3.22. The third kappa shape index (κ3) is 5.80. The fourth-order valence-corrected chi connectivity index (χ4v) is 5.51. The molecule has 0 bridgehead atoms. The number of carbonyl (C=O) groups is 1. The number of nitrogens with two attached hydrogens (primary N) is 1. The van der Waals surface area contributed by atoms with Gasteiger partial charge in [-0.05, 0) is 62.1 Å². The molecule has 0 saturated carbocycles. The van der Waals surface area contributed by atoms with Crippen LogP contribution in [0.1, 0.15) is 17.0 Å². The molecule has 3 aromatic carbocycles. The molecule has 1 amide bonds. The molecule has 0 radical (unpaired) electrons. The number of amides is 1. The van der Waals surface area contributed by atoms with Crippen molar-refractivity contribution in [3.63, 3.8) is 0 Å². The van der Waals surface area contributed by atoms with E-state index in [1.54, 1.807) is 42.5 Å². The van der Waals surface area contributed by atoms with Gasteiger partial charge >= 0.3 is 0 Å². The summed E-state index contributed by atoms with van der Waals surface area (Å²) < 4.78 is 30.0. The SMILES string of the molecule is CN(C)CCn1c(Cc2ccc(C#N)cc2)nc2cc(N(CC(N)=O)S(=O)(=O)c3ccccc3)ccc21. The maximum absolute atomic E-state index is 13.4. The summed E-state index contributed by atoms with van der Waals surface area (Å²) in [5, 5.41) is 9.09. The van der Waals surface area contributed by atoms with E-state index >= 15 is 0 Å². The molecule has 0 fully saturated rings. The number of hydrogen-bond donors (Lipinski definition) is 1. The van der Waals surface area contributed by atoms with E-state index in [0.29, 0.717) is 29.7 Å². The van der Waals surface area contributed by atoms with Gasteiger partial charge in [0.25, 0.3) is 10.0 Å². The van der Waals surface area contributed by atoms with Crippen LogP contribution >= 0.6 is 0 Å². The van der Waals surface area contributed by atoms with Crippen molar-refractivity contribution in [3.8, 4) is 6.07 Å². The van der Waals surface area contributed by atoms with E-state index in [0.717, 1.165) is 27.8 Å². The predicted molar refractivity (Wildman–Crippen MR) is 142 cm³/mol. The zero-order chi connectivity index (χ0) is 26.6. The molecule has 0 saturated heterocycles. The lowest BCUT2D eigenvalue weighted by Gasteiger charge is -2.23. The number of anilines is 1. The van der Waals surface area contributed by atoms with Crippen molar-refractivity contribution in [2.45, 2.75) is 17.9 Å². The van der Waals surface area contributed by atoms with E-state index in [2.05, 4.69) is 15.5 Å². The second kappa shape index (κ2) is 10.8. The first-order valence-corrected chi connectivity index (χ1v) is 13.1. The summed E-state index contributed by atoms with van der Waals surface area (Å²) in [6.45, 7) is 0.966. The van der Waals surface area contributed by atoms with Crippen molar-refractivity contribution in [2.75, 3.05) is 31.5 Å². The summed E-state index contributed by atoms with van der Waals surface area (Å²) in [7, 11) is -0.0455. The van der Waals surface area contributed by atoms with Crippen LogP contribution in [-0.4, -0.2) is 56.0 Å². The molecule has 0 aliphatic carbocycles. The number of likely N-dealkylation sites (N-methyl/N-ethyl adjacent to an activating group) is 1. The van der Waals surface area contributed by atoms with E-state index in [9.17, 15) is 13.2 Å². The minimum Gasteiger partial charge on any atom is -0.368 e. The van der Waals surface area contributed by atoms with Gasteiger partial charge in [-0.15, -0.1) is 0 Å². The second-order valence-electron chi connectivity index (χ2n) is 8.93. The molecule has 1 aromatic heterocycles. The van der Waals surface area contributed by atoms with E-state index < -0.39 is 22.5 Å². The van der Waals surface area contributed by atoms with Gasteiger partial charge in [0, 0.05) is 19.5 Å². The van der Waals surface area contributed by atoms with Gasteiger partial charge in [0.1, 0.15) is 12.4 Å². The summed E-state index contributed by atoms with van der Waals surface area (Å²) in [4.78, 5) is 18.8. The van der Waals surface area contributed by atoms with E-state index in [-0.39, 0.29) is 4.90 Å². The number of nitriles is 1. The molecule has 4 aromatic rings. The van der Waals surface area contributed by atoms with Crippen LogP contribution in [0.4, 0.5) is 5.69 Å². The van der Waals surface area contributed by atoms with Crippen molar-refractivity contribution in [3.05, 3.63) is 89.7 Å². The van der Waals surface area contributed by atoms with Crippen LogP contribution in [0.2, 0.25) is 0 Å². The van der Waals surface area contributed by atoms with E-state index in [4.69, 9.17) is 16.0 Å². The third-order valence-electron chi connectivity index (χ3n) is 5.95. The van der Waals surface area contributed by atoms with Crippen molar-refractivity contribution in [1.82, 2.24) is 14.5 Å². The molecule has 0 aliphatic rings. The van der Waals surface area contributed by atoms with Gasteiger partial charge in [0.2, 0.25) is 5.91 Å². The van der Waals surface area contributed by atoms with E-state index in [1.807, 2.05) is 32.3 Å². The van der Waals surface area contributed by atoms with Crippen LogP contribution < -0.4 is 10.0 Å². The third-order valence-corrected chi connectivity index (χ3v) is 7.73.